The summed E-state index contributed by atoms with van der Waals surface area (Å²) in [4.78, 5) is 16.0. The summed E-state index contributed by atoms with van der Waals surface area (Å²) in [6.07, 6.45) is 2.77. The van der Waals surface area contributed by atoms with E-state index in [-0.39, 0.29) is 5.91 Å². The number of carbonyl (C=O) groups is 1. The molecule has 1 aliphatic carbocycles. The molecule has 2 unspecified atom stereocenters. The van der Waals surface area contributed by atoms with Crippen LogP contribution in [0, 0.1) is 0 Å². The Kier molecular flexibility index (Phi) is 4.54. The van der Waals surface area contributed by atoms with E-state index in [1.54, 1.807) is 6.20 Å². The minimum atomic E-state index is -0.0851. The van der Waals surface area contributed by atoms with Crippen LogP contribution in [0.2, 0.25) is 0 Å². The van der Waals surface area contributed by atoms with E-state index in [9.17, 15) is 4.79 Å². The van der Waals surface area contributed by atoms with Crippen LogP contribution in [0.15, 0.2) is 47.1 Å². The average molecular weight is 371 g/mol. The van der Waals surface area contributed by atoms with Crippen molar-refractivity contribution in [3.8, 4) is 0 Å². The third kappa shape index (κ3) is 3.59. The van der Waals surface area contributed by atoms with Gasteiger partial charge in [0.05, 0.1) is 5.75 Å². The molecule has 0 saturated heterocycles. The van der Waals surface area contributed by atoms with Gasteiger partial charge in [-0.05, 0) is 17.9 Å². The van der Waals surface area contributed by atoms with Crippen molar-refractivity contribution in [1.29, 1.82) is 0 Å². The Morgan fingerprint density at radius 2 is 2.16 bits per heavy atom. The van der Waals surface area contributed by atoms with Crippen LogP contribution in [0.5, 0.6) is 0 Å². The summed E-state index contributed by atoms with van der Waals surface area (Å²) in [7, 11) is 1.97. The summed E-state index contributed by atoms with van der Waals surface area (Å²) in [6.45, 7) is 0. The maximum Gasteiger partial charge on any atom is 0.236 e. The lowest BCUT2D eigenvalue weighted by atomic mass is 10.1. The standard InChI is InChI=1S/C17H17N5OS2/c1-22-15(13-9-12(13)11-5-3-2-4-6-11)20-21-17(22)25-10-14(23)19-16-18-7-8-24-16/h2-8,12-13H,9-10H2,1H3,(H,18,19,23). The number of thioether (sulfide) groups is 1. The Balaban J connectivity index is 1.36. The second-order valence-electron chi connectivity index (χ2n) is 5.93. The van der Waals surface area contributed by atoms with Gasteiger partial charge in [0.2, 0.25) is 5.91 Å². The van der Waals surface area contributed by atoms with Crippen LogP contribution in [-0.2, 0) is 11.8 Å². The zero-order valence-electron chi connectivity index (χ0n) is 13.6. The molecule has 0 radical (unpaired) electrons. The van der Waals surface area contributed by atoms with Crippen LogP contribution < -0.4 is 5.32 Å². The summed E-state index contributed by atoms with van der Waals surface area (Å²) in [5, 5.41) is 14.6. The lowest BCUT2D eigenvalue weighted by Crippen LogP contribution is -2.14. The fourth-order valence-corrected chi connectivity index (χ4v) is 4.16. The van der Waals surface area contributed by atoms with Crippen molar-refractivity contribution in [3.63, 3.8) is 0 Å². The van der Waals surface area contributed by atoms with Gasteiger partial charge in [-0.15, -0.1) is 21.5 Å². The van der Waals surface area contributed by atoms with E-state index in [1.807, 2.05) is 23.1 Å². The van der Waals surface area contributed by atoms with E-state index in [0.29, 0.717) is 22.7 Å². The van der Waals surface area contributed by atoms with E-state index in [4.69, 9.17) is 0 Å². The molecule has 6 nitrogen and oxygen atoms in total. The van der Waals surface area contributed by atoms with Crippen molar-refractivity contribution >= 4 is 34.1 Å². The lowest BCUT2D eigenvalue weighted by molar-refractivity contribution is -0.113. The lowest BCUT2D eigenvalue weighted by Gasteiger charge is -2.04. The van der Waals surface area contributed by atoms with Gasteiger partial charge in [-0.3, -0.25) is 4.79 Å². The summed E-state index contributed by atoms with van der Waals surface area (Å²) in [5.74, 6) is 2.14. The second-order valence-corrected chi connectivity index (χ2v) is 7.77. The summed E-state index contributed by atoms with van der Waals surface area (Å²) in [6, 6.07) is 10.5. The van der Waals surface area contributed by atoms with Crippen molar-refractivity contribution < 1.29 is 4.79 Å². The first kappa shape index (κ1) is 16.3. The van der Waals surface area contributed by atoms with E-state index in [0.717, 1.165) is 17.4 Å². The molecule has 0 aliphatic heterocycles. The fourth-order valence-electron chi connectivity index (χ4n) is 2.89. The number of aromatic nitrogens is 4. The Bertz CT molecular complexity index is 863. The molecule has 1 aliphatic rings. The van der Waals surface area contributed by atoms with Gasteiger partial charge in [0.25, 0.3) is 0 Å². The minimum Gasteiger partial charge on any atom is -0.309 e. The predicted octanol–water partition coefficient (Wildman–Crippen LogP) is 3.27. The van der Waals surface area contributed by atoms with Crippen molar-refractivity contribution in [2.24, 2.45) is 7.05 Å². The van der Waals surface area contributed by atoms with E-state index < -0.39 is 0 Å². The highest BCUT2D eigenvalue weighted by molar-refractivity contribution is 7.99. The predicted molar refractivity (Wildman–Crippen MR) is 99.0 cm³/mol. The third-order valence-corrected chi connectivity index (χ3v) is 5.94. The molecule has 2 atom stereocenters. The molecule has 3 aromatic rings. The van der Waals surface area contributed by atoms with Gasteiger partial charge in [0, 0.05) is 24.5 Å². The SMILES string of the molecule is Cn1c(SCC(=O)Nc2nccs2)nnc1C1CC1c1ccccc1. The van der Waals surface area contributed by atoms with Crippen LogP contribution in [0.25, 0.3) is 0 Å². The molecule has 2 heterocycles. The maximum absolute atomic E-state index is 12.0. The highest BCUT2D eigenvalue weighted by Crippen LogP contribution is 2.54. The number of rotatable bonds is 6. The average Bonchev–Trinajstić information content (AvgIpc) is 3.08. The number of amides is 1. The first-order chi connectivity index (χ1) is 12.2. The molecule has 0 spiro atoms. The molecular formula is C17H17N5OS2. The molecule has 1 aromatic carbocycles. The van der Waals surface area contributed by atoms with Crippen molar-refractivity contribution in [3.05, 3.63) is 53.3 Å². The third-order valence-electron chi connectivity index (χ3n) is 4.23. The van der Waals surface area contributed by atoms with Gasteiger partial charge < -0.3 is 9.88 Å². The Labute approximate surface area is 153 Å². The van der Waals surface area contributed by atoms with Gasteiger partial charge in [-0.1, -0.05) is 42.1 Å². The van der Waals surface area contributed by atoms with Crippen molar-refractivity contribution in [2.45, 2.75) is 23.4 Å². The van der Waals surface area contributed by atoms with Crippen molar-refractivity contribution in [2.75, 3.05) is 11.1 Å². The van der Waals surface area contributed by atoms with Crippen molar-refractivity contribution in [1.82, 2.24) is 19.7 Å². The van der Waals surface area contributed by atoms with Gasteiger partial charge >= 0.3 is 0 Å². The van der Waals surface area contributed by atoms with E-state index >= 15 is 0 Å². The topological polar surface area (TPSA) is 72.7 Å². The minimum absolute atomic E-state index is 0.0851. The Hall–Kier alpha value is -2.19. The van der Waals surface area contributed by atoms with Crippen LogP contribution in [0.1, 0.15) is 29.6 Å². The number of hydrogen-bond donors (Lipinski definition) is 1. The largest absolute Gasteiger partial charge is 0.309 e. The quantitative estimate of drug-likeness (QED) is 0.673. The molecule has 0 bridgehead atoms. The van der Waals surface area contributed by atoms with Crippen LogP contribution in [0.3, 0.4) is 0 Å². The molecule has 1 N–H and O–H groups in total. The zero-order chi connectivity index (χ0) is 17.2. The molecule has 128 valence electrons. The first-order valence-electron chi connectivity index (χ1n) is 7.98. The number of thiazole rings is 1. The van der Waals surface area contributed by atoms with E-state index in [1.165, 1.54) is 28.7 Å². The highest BCUT2D eigenvalue weighted by atomic mass is 32.2. The number of carbonyl (C=O) groups excluding carboxylic acids is 1. The number of benzene rings is 1. The van der Waals surface area contributed by atoms with Gasteiger partial charge in [0.15, 0.2) is 10.3 Å². The monoisotopic (exact) mass is 371 g/mol. The molecule has 2 aromatic heterocycles. The maximum atomic E-state index is 12.0. The second kappa shape index (κ2) is 6.97. The smallest absolute Gasteiger partial charge is 0.236 e. The zero-order valence-corrected chi connectivity index (χ0v) is 15.3. The van der Waals surface area contributed by atoms with Crippen LogP contribution in [0.4, 0.5) is 5.13 Å². The molecule has 8 heteroatoms. The number of anilines is 1. The molecular weight excluding hydrogens is 354 g/mol. The summed E-state index contributed by atoms with van der Waals surface area (Å²) < 4.78 is 2.01. The normalized spacial score (nSPS) is 18.9. The van der Waals surface area contributed by atoms with Gasteiger partial charge in [-0.25, -0.2) is 4.98 Å². The number of nitrogens with zero attached hydrogens (tertiary/aromatic N) is 4. The Morgan fingerprint density at radius 3 is 2.92 bits per heavy atom. The van der Waals surface area contributed by atoms with Crippen LogP contribution >= 0.6 is 23.1 Å². The van der Waals surface area contributed by atoms with Gasteiger partial charge in [-0.2, -0.15) is 0 Å². The summed E-state index contributed by atoms with van der Waals surface area (Å²) in [5.41, 5.74) is 1.35. The first-order valence-corrected chi connectivity index (χ1v) is 9.85. The summed E-state index contributed by atoms with van der Waals surface area (Å²) >= 11 is 2.80. The number of nitrogens with one attached hydrogen (secondary N) is 1. The fraction of sp³-hybridized carbons (Fsp3) is 0.294. The number of hydrogen-bond acceptors (Lipinski definition) is 6. The molecule has 1 amide bonds. The van der Waals surface area contributed by atoms with Gasteiger partial charge in [0.1, 0.15) is 5.82 Å². The van der Waals surface area contributed by atoms with Crippen LogP contribution in [-0.4, -0.2) is 31.4 Å². The molecule has 4 rings (SSSR count). The molecule has 25 heavy (non-hydrogen) atoms. The van der Waals surface area contributed by atoms with E-state index in [2.05, 4.69) is 44.8 Å². The highest BCUT2D eigenvalue weighted by Gasteiger charge is 2.42. The Morgan fingerprint density at radius 1 is 1.32 bits per heavy atom. The molecule has 1 saturated carbocycles. The molecule has 1 fully saturated rings.